The Balaban J connectivity index is 0. The highest BCUT2D eigenvalue weighted by molar-refractivity contribution is 7.58. The molecular weight excluding hydrogens is 1130 g/mol. The van der Waals surface area contributed by atoms with E-state index in [1.165, 1.54) is 264 Å². The molecule has 0 radical (unpaired) electrons. The summed E-state index contributed by atoms with van der Waals surface area (Å²) in [4.78, 5) is 56.6. The summed E-state index contributed by atoms with van der Waals surface area (Å²) < 4.78 is 38.7. The third kappa shape index (κ3) is 44.4. The van der Waals surface area contributed by atoms with Crippen molar-refractivity contribution in [3.63, 3.8) is 0 Å². The third-order valence-corrected chi connectivity index (χ3v) is 18.6. The van der Waals surface area contributed by atoms with Gasteiger partial charge in [-0.3, -0.25) is 13.7 Å². The fourth-order valence-electron chi connectivity index (χ4n) is 10.8. The fourth-order valence-corrected chi connectivity index (χ4v) is 12.3. The Kier molecular flexibility index (Phi) is 53.4. The van der Waals surface area contributed by atoms with Crippen LogP contribution in [-0.2, 0) is 22.7 Å². The van der Waals surface area contributed by atoms with E-state index in [2.05, 4.69) is 91.9 Å². The Hall–Kier alpha value is -2.80. The summed E-state index contributed by atoms with van der Waals surface area (Å²) in [7, 11) is -10.9. The molecule has 0 saturated heterocycles. The molecule has 0 fully saturated rings. The van der Waals surface area contributed by atoms with E-state index >= 15 is 0 Å². The van der Waals surface area contributed by atoms with Crippen LogP contribution in [0.1, 0.15) is 290 Å². The summed E-state index contributed by atoms with van der Waals surface area (Å²) in [6, 6.07) is 15.0. The van der Waals surface area contributed by atoms with Gasteiger partial charge in [-0.1, -0.05) is 220 Å². The van der Waals surface area contributed by atoms with Crippen LogP contribution in [-0.4, -0.2) is 117 Å². The topological polar surface area (TPSA) is 165 Å². The summed E-state index contributed by atoms with van der Waals surface area (Å²) in [5.41, 5.74) is 2.87. The van der Waals surface area contributed by atoms with Crippen LogP contribution >= 0.6 is 15.6 Å². The Labute approximate surface area is 535 Å². The number of carbonyl (C=O) groups excluding carboxylic acids is 2. The molecule has 0 saturated carbocycles. The van der Waals surface area contributed by atoms with Crippen LogP contribution in [0.15, 0.2) is 77.9 Å². The van der Waals surface area contributed by atoms with Gasteiger partial charge < -0.3 is 42.0 Å². The first-order chi connectivity index (χ1) is 41.6. The Morgan fingerprint density at radius 2 is 0.701 bits per heavy atom. The van der Waals surface area contributed by atoms with Crippen LogP contribution in [0.3, 0.4) is 0 Å². The standard InChI is InChI=1S/C24H28O10P2.3C16H36N/c1-18(15-16-33-36(30,31)34-35(27,28)29)7-6-8-19(2)17-32-24(26)22-13-11-21(12-14-22)23(25)20-9-4-3-5-10-20;3*1-5-9-13-17(14-10-6-2,15-11-7-3)16-12-8-4/h3-5,8-15H,6-7,16-17H2,1-2H3,(H,30,31)(H2,27,28,29);3*5-16H2,1-4H3/q;3*+1/p-3/b18-15+,19-8+;;;. The molecule has 2 aromatic rings. The Bertz CT molecular complexity index is 1930. The number of benzene rings is 2. The van der Waals surface area contributed by atoms with Gasteiger partial charge in [-0.15, -0.1) is 0 Å². The highest BCUT2D eigenvalue weighted by atomic mass is 31.3. The number of allylic oxidation sites excluding steroid dienone is 2. The lowest BCUT2D eigenvalue weighted by molar-refractivity contribution is -0.929. The second kappa shape index (κ2) is 53.8. The lowest BCUT2D eigenvalue weighted by atomic mass is 10.0. The van der Waals surface area contributed by atoms with Crippen LogP contribution < -0.4 is 14.7 Å². The highest BCUT2D eigenvalue weighted by Crippen LogP contribution is 2.50. The van der Waals surface area contributed by atoms with Gasteiger partial charge >= 0.3 is 5.97 Å². The number of hydrogen-bond donors (Lipinski definition) is 0. The SMILES string of the molecule is C/C(=C\COP(=O)([O-])OP(=O)([O-])[O-])CC/C=C(\C)COC(=O)c1ccc(C(=O)c2ccccc2)cc1.CCCC[N+](CCCC)(CCCC)CCCC.CCCC[N+](CCCC)(CCCC)CCCC.CCCC[N+](CCCC)(CCCC)CCCC. The zero-order valence-corrected chi connectivity index (χ0v) is 60.2. The number of esters is 1. The zero-order valence-electron chi connectivity index (χ0n) is 58.5. The van der Waals surface area contributed by atoms with E-state index in [-0.39, 0.29) is 12.4 Å². The van der Waals surface area contributed by atoms with Crippen molar-refractivity contribution in [3.8, 4) is 0 Å². The molecule has 13 nitrogen and oxygen atoms in total. The molecule has 2 rings (SSSR count). The molecule has 2 aromatic carbocycles. The first kappa shape index (κ1) is 86.3. The van der Waals surface area contributed by atoms with Crippen molar-refractivity contribution in [1.82, 2.24) is 0 Å². The van der Waals surface area contributed by atoms with Gasteiger partial charge in [-0.2, -0.15) is 0 Å². The quantitative estimate of drug-likeness (QED) is 0.0205. The number of quaternary nitrogens is 3. The lowest BCUT2D eigenvalue weighted by Crippen LogP contribution is -2.50. The van der Waals surface area contributed by atoms with Crippen LogP contribution in [0, 0.1) is 0 Å². The molecule has 0 bridgehead atoms. The Morgan fingerprint density at radius 1 is 0.414 bits per heavy atom. The van der Waals surface area contributed by atoms with Gasteiger partial charge in [0.05, 0.1) is 98.5 Å². The van der Waals surface area contributed by atoms with Gasteiger partial charge in [0.15, 0.2) is 5.78 Å². The van der Waals surface area contributed by atoms with Gasteiger partial charge in [0.25, 0.3) is 7.82 Å². The predicted molar refractivity (Wildman–Crippen MR) is 364 cm³/mol. The number of rotatable bonds is 49. The normalized spacial score (nSPS) is 12.9. The van der Waals surface area contributed by atoms with Crippen molar-refractivity contribution in [3.05, 3.63) is 94.6 Å². The van der Waals surface area contributed by atoms with Crippen molar-refractivity contribution in [2.24, 2.45) is 0 Å². The molecule has 0 heterocycles. The number of ketones is 1. The molecule has 0 aromatic heterocycles. The maximum atomic E-state index is 12.4. The van der Waals surface area contributed by atoms with Crippen molar-refractivity contribution < 1.29 is 60.4 Å². The second-order valence-corrected chi connectivity index (χ2v) is 27.4. The first-order valence-electron chi connectivity index (χ1n) is 35.0. The highest BCUT2D eigenvalue weighted by Gasteiger charge is 2.27. The van der Waals surface area contributed by atoms with Crippen molar-refractivity contribution in [1.29, 1.82) is 0 Å². The van der Waals surface area contributed by atoms with Crippen LogP contribution in [0.5, 0.6) is 0 Å². The van der Waals surface area contributed by atoms with E-state index in [0.29, 0.717) is 29.5 Å². The number of phosphoric acid groups is 2. The molecule has 0 amide bonds. The number of hydrogen-bond acceptors (Lipinski definition) is 10. The van der Waals surface area contributed by atoms with E-state index in [0.717, 1.165) is 11.1 Å². The molecule has 0 spiro atoms. The average Bonchev–Trinajstić information content (AvgIpc) is 3.46. The smallest absolute Gasteiger partial charge is 0.338 e. The molecule has 0 aliphatic rings. The maximum Gasteiger partial charge on any atom is 0.338 e. The molecule has 15 heteroatoms. The molecule has 0 N–H and O–H groups in total. The Morgan fingerprint density at radius 3 is 0.989 bits per heavy atom. The fraction of sp³-hybridized carbons (Fsp3) is 0.750. The third-order valence-electron chi connectivity index (χ3n) is 16.6. The lowest BCUT2D eigenvalue weighted by Gasteiger charge is -2.39. The number of ether oxygens (including phenoxy) is 1. The average molecular weight is 1260 g/mol. The molecule has 506 valence electrons. The first-order valence-corrected chi connectivity index (χ1v) is 37.9. The van der Waals surface area contributed by atoms with E-state index in [4.69, 9.17) is 4.74 Å². The molecular formula is C72H133N3O10P2. The second-order valence-electron chi connectivity index (χ2n) is 24.7. The van der Waals surface area contributed by atoms with Crippen molar-refractivity contribution >= 4 is 27.4 Å². The zero-order chi connectivity index (χ0) is 65.7. The molecule has 0 aliphatic carbocycles. The number of carbonyl (C=O) groups is 2. The van der Waals surface area contributed by atoms with Gasteiger partial charge in [0, 0.05) is 11.1 Å². The summed E-state index contributed by atoms with van der Waals surface area (Å²) in [6.45, 7) is 48.1. The minimum Gasteiger partial charge on any atom is -0.790 e. The van der Waals surface area contributed by atoms with Crippen LogP contribution in [0.25, 0.3) is 0 Å². The van der Waals surface area contributed by atoms with Gasteiger partial charge in [-0.25, -0.2) is 4.79 Å². The summed E-state index contributed by atoms with van der Waals surface area (Å²) >= 11 is 0. The number of phosphoric ester groups is 1. The number of nitrogens with zero attached hydrogens (tertiary/aromatic N) is 3. The van der Waals surface area contributed by atoms with Gasteiger partial charge in [-0.05, 0) is 121 Å². The molecule has 1 atom stereocenters. The van der Waals surface area contributed by atoms with Crippen molar-refractivity contribution in [2.45, 2.75) is 264 Å². The van der Waals surface area contributed by atoms with E-state index in [9.17, 15) is 33.4 Å². The largest absolute Gasteiger partial charge is 0.790 e. The molecule has 0 aliphatic heterocycles. The monoisotopic (exact) mass is 1260 g/mol. The van der Waals surface area contributed by atoms with Crippen molar-refractivity contribution in [2.75, 3.05) is 91.8 Å². The van der Waals surface area contributed by atoms with Gasteiger partial charge in [0.1, 0.15) is 6.61 Å². The van der Waals surface area contributed by atoms with E-state index in [1.807, 2.05) is 12.1 Å². The summed E-state index contributed by atoms with van der Waals surface area (Å²) in [6.07, 6.45) is 37.5. The van der Waals surface area contributed by atoms with E-state index < -0.39 is 28.2 Å². The minimum atomic E-state index is -5.71. The number of unbranched alkanes of at least 4 members (excludes halogenated alkanes) is 12. The van der Waals surface area contributed by atoms with E-state index in [1.54, 1.807) is 50.2 Å². The predicted octanol–water partition coefficient (Wildman–Crippen LogP) is 18.1. The van der Waals surface area contributed by atoms with Gasteiger partial charge in [0.2, 0.25) is 0 Å². The molecule has 87 heavy (non-hydrogen) atoms. The molecule has 1 unspecified atom stereocenters. The minimum absolute atomic E-state index is 0.0660. The summed E-state index contributed by atoms with van der Waals surface area (Å²) in [5.74, 6) is -0.670. The van der Waals surface area contributed by atoms with Crippen LogP contribution in [0.2, 0.25) is 0 Å². The maximum absolute atomic E-state index is 12.4. The summed E-state index contributed by atoms with van der Waals surface area (Å²) in [5, 5.41) is 0. The van der Waals surface area contributed by atoms with Crippen LogP contribution in [0.4, 0.5) is 0 Å².